The van der Waals surface area contributed by atoms with Crippen molar-refractivity contribution in [3.8, 4) is 5.69 Å². The standard InChI is InChI=1S/C15H12N2O2/c1-10-6-7-14(12(8-10)15(18)19)17-13-5-3-2-4-11(13)9-16-17/h2-9H,1H3,(H,18,19). The summed E-state index contributed by atoms with van der Waals surface area (Å²) in [7, 11) is 0. The Bertz CT molecular complexity index is 775. The third-order valence-electron chi connectivity index (χ3n) is 3.09. The predicted octanol–water partition coefficient (Wildman–Crippen LogP) is 3.03. The fourth-order valence-corrected chi connectivity index (χ4v) is 2.17. The second kappa shape index (κ2) is 4.24. The van der Waals surface area contributed by atoms with Crippen LogP contribution in [-0.2, 0) is 0 Å². The molecule has 0 fully saturated rings. The summed E-state index contributed by atoms with van der Waals surface area (Å²) < 4.78 is 1.66. The highest BCUT2D eigenvalue weighted by Gasteiger charge is 2.14. The average Bonchev–Trinajstić information content (AvgIpc) is 2.82. The van der Waals surface area contributed by atoms with Crippen LogP contribution in [-0.4, -0.2) is 20.9 Å². The zero-order chi connectivity index (χ0) is 13.4. The molecular formula is C15H12N2O2. The topological polar surface area (TPSA) is 55.1 Å². The first kappa shape index (κ1) is 11.5. The van der Waals surface area contributed by atoms with Crippen LogP contribution in [0.15, 0.2) is 48.7 Å². The van der Waals surface area contributed by atoms with Crippen LogP contribution in [0.3, 0.4) is 0 Å². The molecule has 0 aliphatic rings. The van der Waals surface area contributed by atoms with E-state index in [0.29, 0.717) is 5.69 Å². The molecule has 4 nitrogen and oxygen atoms in total. The maximum atomic E-state index is 11.4. The summed E-state index contributed by atoms with van der Waals surface area (Å²) in [6, 6.07) is 13.1. The lowest BCUT2D eigenvalue weighted by Gasteiger charge is -2.08. The van der Waals surface area contributed by atoms with Crippen LogP contribution in [0, 0.1) is 6.92 Å². The summed E-state index contributed by atoms with van der Waals surface area (Å²) in [6.07, 6.45) is 1.74. The first-order chi connectivity index (χ1) is 9.16. The van der Waals surface area contributed by atoms with E-state index in [2.05, 4.69) is 5.10 Å². The minimum atomic E-state index is -0.946. The van der Waals surface area contributed by atoms with Gasteiger partial charge in [0, 0.05) is 5.39 Å². The van der Waals surface area contributed by atoms with Crippen molar-refractivity contribution >= 4 is 16.9 Å². The number of fused-ring (bicyclic) bond motifs is 1. The van der Waals surface area contributed by atoms with Crippen molar-refractivity contribution in [2.75, 3.05) is 0 Å². The molecule has 3 rings (SSSR count). The summed E-state index contributed by atoms with van der Waals surface area (Å²) >= 11 is 0. The number of benzene rings is 2. The molecule has 0 aliphatic carbocycles. The zero-order valence-electron chi connectivity index (χ0n) is 10.4. The number of aromatic nitrogens is 2. The molecule has 0 unspecified atom stereocenters. The molecule has 0 aliphatic heterocycles. The third-order valence-corrected chi connectivity index (χ3v) is 3.09. The molecule has 1 aromatic heterocycles. The largest absolute Gasteiger partial charge is 0.478 e. The number of aryl methyl sites for hydroxylation is 1. The Kier molecular flexibility index (Phi) is 2.56. The van der Waals surface area contributed by atoms with Crippen LogP contribution in [0.4, 0.5) is 0 Å². The molecule has 2 aromatic carbocycles. The quantitative estimate of drug-likeness (QED) is 0.762. The van der Waals surface area contributed by atoms with Gasteiger partial charge in [-0.15, -0.1) is 0 Å². The first-order valence-corrected chi connectivity index (χ1v) is 5.94. The van der Waals surface area contributed by atoms with Gasteiger partial charge in [-0.3, -0.25) is 0 Å². The summed E-state index contributed by atoms with van der Waals surface area (Å²) in [4.78, 5) is 11.4. The highest BCUT2D eigenvalue weighted by Crippen LogP contribution is 2.21. The van der Waals surface area contributed by atoms with E-state index in [1.165, 1.54) is 0 Å². The van der Waals surface area contributed by atoms with E-state index in [9.17, 15) is 9.90 Å². The van der Waals surface area contributed by atoms with Gasteiger partial charge in [-0.2, -0.15) is 5.10 Å². The smallest absolute Gasteiger partial charge is 0.337 e. The van der Waals surface area contributed by atoms with E-state index in [1.807, 2.05) is 37.3 Å². The Morgan fingerprint density at radius 3 is 2.79 bits per heavy atom. The van der Waals surface area contributed by atoms with Gasteiger partial charge in [0.2, 0.25) is 0 Å². The Morgan fingerprint density at radius 2 is 2.00 bits per heavy atom. The lowest BCUT2D eigenvalue weighted by molar-refractivity contribution is 0.0696. The Hall–Kier alpha value is -2.62. The van der Waals surface area contributed by atoms with Crippen molar-refractivity contribution in [1.82, 2.24) is 9.78 Å². The Labute approximate surface area is 109 Å². The van der Waals surface area contributed by atoms with Gasteiger partial charge in [0.25, 0.3) is 0 Å². The molecule has 0 bridgehead atoms. The molecule has 3 aromatic rings. The summed E-state index contributed by atoms with van der Waals surface area (Å²) in [6.45, 7) is 1.87. The van der Waals surface area contributed by atoms with Crippen molar-refractivity contribution < 1.29 is 9.90 Å². The maximum absolute atomic E-state index is 11.4. The van der Waals surface area contributed by atoms with E-state index < -0.39 is 5.97 Å². The second-order valence-corrected chi connectivity index (χ2v) is 4.44. The normalized spacial score (nSPS) is 10.8. The number of rotatable bonds is 2. The predicted molar refractivity (Wildman–Crippen MR) is 72.8 cm³/mol. The van der Waals surface area contributed by atoms with Gasteiger partial charge in [-0.05, 0) is 25.1 Å². The van der Waals surface area contributed by atoms with Crippen LogP contribution in [0.2, 0.25) is 0 Å². The summed E-state index contributed by atoms with van der Waals surface area (Å²) in [5.74, 6) is -0.946. The van der Waals surface area contributed by atoms with Crippen molar-refractivity contribution in [1.29, 1.82) is 0 Å². The van der Waals surface area contributed by atoms with Crippen LogP contribution in [0.25, 0.3) is 16.6 Å². The molecule has 0 amide bonds. The van der Waals surface area contributed by atoms with Crippen LogP contribution < -0.4 is 0 Å². The first-order valence-electron chi connectivity index (χ1n) is 5.94. The molecular weight excluding hydrogens is 240 g/mol. The van der Waals surface area contributed by atoms with E-state index >= 15 is 0 Å². The van der Waals surface area contributed by atoms with Crippen LogP contribution in [0.1, 0.15) is 15.9 Å². The van der Waals surface area contributed by atoms with Gasteiger partial charge < -0.3 is 5.11 Å². The maximum Gasteiger partial charge on any atom is 0.337 e. The highest BCUT2D eigenvalue weighted by molar-refractivity contribution is 5.93. The van der Waals surface area contributed by atoms with Crippen LogP contribution >= 0.6 is 0 Å². The van der Waals surface area contributed by atoms with Gasteiger partial charge in [-0.1, -0.05) is 29.8 Å². The van der Waals surface area contributed by atoms with Gasteiger partial charge in [0.05, 0.1) is 23.0 Å². The number of carboxylic acids is 1. The molecule has 94 valence electrons. The number of carbonyl (C=O) groups is 1. The average molecular weight is 252 g/mol. The number of para-hydroxylation sites is 1. The minimum absolute atomic E-state index is 0.258. The van der Waals surface area contributed by atoms with E-state index in [0.717, 1.165) is 16.5 Å². The number of aromatic carboxylic acids is 1. The van der Waals surface area contributed by atoms with Crippen LogP contribution in [0.5, 0.6) is 0 Å². The molecule has 1 heterocycles. The SMILES string of the molecule is Cc1ccc(-n2ncc3ccccc32)c(C(=O)O)c1. The van der Waals surface area contributed by atoms with Gasteiger partial charge in [0.1, 0.15) is 0 Å². The molecule has 0 radical (unpaired) electrons. The molecule has 0 atom stereocenters. The Morgan fingerprint density at radius 1 is 1.21 bits per heavy atom. The van der Waals surface area contributed by atoms with E-state index in [-0.39, 0.29) is 5.56 Å². The summed E-state index contributed by atoms with van der Waals surface area (Å²) in [5.41, 5.74) is 2.65. The van der Waals surface area contributed by atoms with E-state index in [1.54, 1.807) is 23.0 Å². The lowest BCUT2D eigenvalue weighted by Crippen LogP contribution is -2.06. The van der Waals surface area contributed by atoms with Gasteiger partial charge in [-0.25, -0.2) is 9.48 Å². The van der Waals surface area contributed by atoms with Crippen molar-refractivity contribution in [3.05, 3.63) is 59.8 Å². The number of hydrogen-bond acceptors (Lipinski definition) is 2. The highest BCUT2D eigenvalue weighted by atomic mass is 16.4. The molecule has 0 spiro atoms. The van der Waals surface area contributed by atoms with Crippen molar-refractivity contribution in [2.45, 2.75) is 6.92 Å². The fourth-order valence-electron chi connectivity index (χ4n) is 2.17. The van der Waals surface area contributed by atoms with E-state index in [4.69, 9.17) is 0 Å². The zero-order valence-corrected chi connectivity index (χ0v) is 10.4. The minimum Gasteiger partial charge on any atom is -0.478 e. The molecule has 4 heteroatoms. The molecule has 1 N–H and O–H groups in total. The number of nitrogens with zero attached hydrogens (tertiary/aromatic N) is 2. The molecule has 0 saturated carbocycles. The third kappa shape index (κ3) is 1.87. The Balaban J connectivity index is 2.30. The summed E-state index contributed by atoms with van der Waals surface area (Å²) in [5, 5.41) is 14.6. The molecule has 0 saturated heterocycles. The van der Waals surface area contributed by atoms with Gasteiger partial charge >= 0.3 is 5.97 Å². The number of carboxylic acid groups (broad SMARTS) is 1. The fraction of sp³-hybridized carbons (Fsp3) is 0.0667. The number of hydrogen-bond donors (Lipinski definition) is 1. The second-order valence-electron chi connectivity index (χ2n) is 4.44. The lowest BCUT2D eigenvalue weighted by atomic mass is 10.1. The van der Waals surface area contributed by atoms with Crippen molar-refractivity contribution in [2.24, 2.45) is 0 Å². The molecule has 19 heavy (non-hydrogen) atoms. The van der Waals surface area contributed by atoms with Crippen molar-refractivity contribution in [3.63, 3.8) is 0 Å². The van der Waals surface area contributed by atoms with Gasteiger partial charge in [0.15, 0.2) is 0 Å². The monoisotopic (exact) mass is 252 g/mol.